The molecule has 0 saturated heterocycles. The number of rotatable bonds is 14. The number of hydrogen-bond donors (Lipinski definition) is 1. The number of carbonyl (C=O) groups is 2. The molecule has 0 radical (unpaired) electrons. The molecule has 242 valence electrons. The molecule has 1 N–H and O–H groups in total. The van der Waals surface area contributed by atoms with Gasteiger partial charge in [0.25, 0.3) is 10.0 Å². The first kappa shape index (κ1) is 34.2. The lowest BCUT2D eigenvalue weighted by molar-refractivity contribution is -0.140. The van der Waals surface area contributed by atoms with Crippen LogP contribution in [0.5, 0.6) is 11.5 Å². The van der Waals surface area contributed by atoms with Gasteiger partial charge in [0.2, 0.25) is 11.8 Å². The van der Waals surface area contributed by atoms with Gasteiger partial charge in [-0.15, -0.1) is 0 Å². The number of amides is 2. The fraction of sp³-hybridized carbons (Fsp3) is 0.297. The van der Waals surface area contributed by atoms with E-state index in [-0.39, 0.29) is 23.4 Å². The maximum Gasteiger partial charge on any atom is 0.264 e. The molecule has 4 rings (SSSR count). The predicted molar refractivity (Wildman–Crippen MR) is 182 cm³/mol. The monoisotopic (exact) mass is 641 g/mol. The molecule has 0 saturated carbocycles. The summed E-state index contributed by atoms with van der Waals surface area (Å²) in [6.07, 6.45) is 1.09. The summed E-state index contributed by atoms with van der Waals surface area (Å²) in [6.45, 7) is 9.22. The fourth-order valence-corrected chi connectivity index (χ4v) is 6.45. The van der Waals surface area contributed by atoms with Gasteiger partial charge in [0.05, 0.1) is 10.6 Å². The van der Waals surface area contributed by atoms with Crippen molar-refractivity contribution in [3.05, 3.63) is 120 Å². The summed E-state index contributed by atoms with van der Waals surface area (Å²) < 4.78 is 35.4. The van der Waals surface area contributed by atoms with Crippen LogP contribution in [-0.2, 0) is 26.2 Å². The Morgan fingerprint density at radius 3 is 2.04 bits per heavy atom. The van der Waals surface area contributed by atoms with E-state index in [1.807, 2.05) is 89.2 Å². The zero-order valence-electron chi connectivity index (χ0n) is 27.1. The highest BCUT2D eigenvalue weighted by molar-refractivity contribution is 7.92. The number of nitrogens with zero attached hydrogens (tertiary/aromatic N) is 2. The number of aryl methyl sites for hydroxylation is 2. The van der Waals surface area contributed by atoms with Gasteiger partial charge in [0, 0.05) is 12.6 Å². The van der Waals surface area contributed by atoms with Gasteiger partial charge < -0.3 is 15.0 Å². The van der Waals surface area contributed by atoms with Crippen LogP contribution in [0.1, 0.15) is 50.3 Å². The topological polar surface area (TPSA) is 96.0 Å². The van der Waals surface area contributed by atoms with Crippen molar-refractivity contribution >= 4 is 27.5 Å². The van der Waals surface area contributed by atoms with Crippen LogP contribution in [0.15, 0.2) is 108 Å². The van der Waals surface area contributed by atoms with Crippen LogP contribution >= 0.6 is 0 Å². The molecule has 0 fully saturated rings. The van der Waals surface area contributed by atoms with Crippen molar-refractivity contribution in [2.75, 3.05) is 10.8 Å². The highest BCUT2D eigenvalue weighted by Gasteiger charge is 2.34. The second-order valence-corrected chi connectivity index (χ2v) is 13.3. The smallest absolute Gasteiger partial charge is 0.264 e. The lowest BCUT2D eigenvalue weighted by Gasteiger charge is -2.33. The van der Waals surface area contributed by atoms with Gasteiger partial charge in [-0.3, -0.25) is 13.9 Å². The van der Waals surface area contributed by atoms with Crippen LogP contribution in [0.25, 0.3) is 0 Å². The number of benzene rings is 4. The lowest BCUT2D eigenvalue weighted by atomic mass is 10.1. The standard InChI is InChI=1S/C37H43N3O5S/c1-6-29(5)38-37(42)35(7-2)39(25-30-13-11-12-28(4)24-30)36(41)26-40(46(43,44)34-22-16-27(3)17-23-34)31-18-20-33(21-19-31)45-32-14-9-8-10-15-32/h8-24,29,35H,6-7,25-26H2,1-5H3,(H,38,42)/t29-,35+/m0/s1. The van der Waals surface area contributed by atoms with E-state index in [9.17, 15) is 18.0 Å². The molecule has 2 amide bonds. The summed E-state index contributed by atoms with van der Waals surface area (Å²) in [5, 5.41) is 3.01. The molecule has 0 aliphatic rings. The maximum atomic E-state index is 14.3. The summed E-state index contributed by atoms with van der Waals surface area (Å²) in [7, 11) is -4.18. The van der Waals surface area contributed by atoms with Crippen LogP contribution in [0.4, 0.5) is 5.69 Å². The number of nitrogens with one attached hydrogen (secondary N) is 1. The molecular formula is C37H43N3O5S. The molecule has 4 aromatic carbocycles. The zero-order chi connectivity index (χ0) is 33.3. The number of para-hydroxylation sites is 1. The number of sulfonamides is 1. The second-order valence-electron chi connectivity index (χ2n) is 11.5. The molecule has 0 aliphatic heterocycles. The predicted octanol–water partition coefficient (Wildman–Crippen LogP) is 7.01. The van der Waals surface area contributed by atoms with E-state index in [4.69, 9.17) is 4.74 Å². The highest BCUT2D eigenvalue weighted by Crippen LogP contribution is 2.29. The third-order valence-electron chi connectivity index (χ3n) is 7.81. The van der Waals surface area contributed by atoms with Crippen LogP contribution in [-0.4, -0.2) is 43.8 Å². The molecule has 0 heterocycles. The Morgan fingerprint density at radius 1 is 0.783 bits per heavy atom. The van der Waals surface area contributed by atoms with Crippen LogP contribution in [0.2, 0.25) is 0 Å². The Balaban J connectivity index is 1.73. The van der Waals surface area contributed by atoms with Gasteiger partial charge >= 0.3 is 0 Å². The first-order valence-electron chi connectivity index (χ1n) is 15.6. The van der Waals surface area contributed by atoms with Crippen molar-refractivity contribution in [2.45, 2.75) is 71.0 Å². The van der Waals surface area contributed by atoms with E-state index >= 15 is 0 Å². The van der Waals surface area contributed by atoms with E-state index in [0.29, 0.717) is 23.6 Å². The largest absolute Gasteiger partial charge is 0.457 e. The zero-order valence-corrected chi connectivity index (χ0v) is 28.0. The number of ether oxygens (including phenoxy) is 1. The maximum absolute atomic E-state index is 14.3. The quantitative estimate of drug-likeness (QED) is 0.160. The molecule has 9 heteroatoms. The van der Waals surface area contributed by atoms with E-state index in [2.05, 4.69) is 5.32 Å². The third-order valence-corrected chi connectivity index (χ3v) is 9.60. The van der Waals surface area contributed by atoms with Crippen molar-refractivity contribution in [3.63, 3.8) is 0 Å². The Labute approximate surface area is 273 Å². The molecule has 0 unspecified atom stereocenters. The Hall–Kier alpha value is -4.63. The first-order valence-corrected chi connectivity index (χ1v) is 17.0. The van der Waals surface area contributed by atoms with Gasteiger partial charge in [0.15, 0.2) is 0 Å². The SMILES string of the molecule is CC[C@H](C(=O)N[C@@H](C)CC)N(Cc1cccc(C)c1)C(=O)CN(c1ccc(Oc2ccccc2)cc1)S(=O)(=O)c1ccc(C)cc1. The van der Waals surface area contributed by atoms with Gasteiger partial charge in [-0.2, -0.15) is 0 Å². The third kappa shape index (κ3) is 8.75. The summed E-state index contributed by atoms with van der Waals surface area (Å²) in [5.74, 6) is 0.395. The van der Waals surface area contributed by atoms with Crippen molar-refractivity contribution < 1.29 is 22.7 Å². The van der Waals surface area contributed by atoms with Crippen molar-refractivity contribution in [3.8, 4) is 11.5 Å². The summed E-state index contributed by atoms with van der Waals surface area (Å²) in [5.41, 5.74) is 3.07. The number of hydrogen-bond acceptors (Lipinski definition) is 5. The minimum Gasteiger partial charge on any atom is -0.457 e. The number of anilines is 1. The summed E-state index contributed by atoms with van der Waals surface area (Å²) in [6, 6.07) is 29.2. The first-order chi connectivity index (χ1) is 22.0. The average molecular weight is 642 g/mol. The lowest BCUT2D eigenvalue weighted by Crippen LogP contribution is -2.53. The van der Waals surface area contributed by atoms with E-state index in [1.54, 1.807) is 36.4 Å². The van der Waals surface area contributed by atoms with Crippen LogP contribution in [0, 0.1) is 13.8 Å². The molecular weight excluding hydrogens is 598 g/mol. The molecule has 0 bridgehead atoms. The normalized spacial score (nSPS) is 12.5. The fourth-order valence-electron chi connectivity index (χ4n) is 5.04. The van der Waals surface area contributed by atoms with Gasteiger partial charge in [-0.05, 0) is 87.7 Å². The van der Waals surface area contributed by atoms with Gasteiger partial charge in [0.1, 0.15) is 24.1 Å². The van der Waals surface area contributed by atoms with Crippen molar-refractivity contribution in [2.24, 2.45) is 0 Å². The average Bonchev–Trinajstić information content (AvgIpc) is 3.04. The summed E-state index contributed by atoms with van der Waals surface area (Å²) in [4.78, 5) is 29.4. The molecule has 46 heavy (non-hydrogen) atoms. The molecule has 0 aliphatic carbocycles. The van der Waals surface area contributed by atoms with Crippen LogP contribution < -0.4 is 14.4 Å². The molecule has 2 atom stereocenters. The van der Waals surface area contributed by atoms with Gasteiger partial charge in [-0.25, -0.2) is 8.42 Å². The minimum absolute atomic E-state index is 0.0577. The Bertz CT molecular complexity index is 1710. The summed E-state index contributed by atoms with van der Waals surface area (Å²) >= 11 is 0. The van der Waals surface area contributed by atoms with E-state index in [1.165, 1.54) is 17.0 Å². The van der Waals surface area contributed by atoms with Crippen molar-refractivity contribution in [1.82, 2.24) is 10.2 Å². The second kappa shape index (κ2) is 15.6. The Kier molecular flexibility index (Phi) is 11.6. The van der Waals surface area contributed by atoms with Gasteiger partial charge in [-0.1, -0.05) is 79.6 Å². The molecule has 0 spiro atoms. The van der Waals surface area contributed by atoms with E-state index in [0.717, 1.165) is 27.4 Å². The molecule has 0 aromatic heterocycles. The highest BCUT2D eigenvalue weighted by atomic mass is 32.2. The number of carbonyl (C=O) groups excluding carboxylic acids is 2. The molecule has 4 aromatic rings. The minimum atomic E-state index is -4.18. The Morgan fingerprint density at radius 2 is 1.43 bits per heavy atom. The van der Waals surface area contributed by atoms with Crippen molar-refractivity contribution in [1.29, 1.82) is 0 Å². The van der Waals surface area contributed by atoms with E-state index < -0.39 is 28.5 Å². The van der Waals surface area contributed by atoms with Crippen LogP contribution in [0.3, 0.4) is 0 Å². The molecule has 8 nitrogen and oxygen atoms in total.